The third-order valence-electron chi connectivity index (χ3n) is 12.9. The van der Waals surface area contributed by atoms with E-state index in [-0.39, 0.29) is 0 Å². The molecular weight excluding hydrogens is 845 g/mol. The molecule has 0 atom stereocenters. The molecule has 11 aromatic rings. The van der Waals surface area contributed by atoms with E-state index in [1.807, 2.05) is 91.9 Å². The van der Waals surface area contributed by atoms with Crippen LogP contribution in [0.2, 0.25) is 0 Å². The first-order chi connectivity index (χ1) is 33.8. The molecule has 0 aliphatic rings. The number of hydrogen-bond donors (Lipinski definition) is 0. The minimum atomic E-state index is 0.388. The Hall–Kier alpha value is -10.5. The zero-order valence-corrected chi connectivity index (χ0v) is 36.8. The van der Waals surface area contributed by atoms with Gasteiger partial charge in [-0.3, -0.25) is 0 Å². The van der Waals surface area contributed by atoms with Crippen LogP contribution >= 0.6 is 0 Å². The van der Waals surface area contributed by atoms with Crippen molar-refractivity contribution in [3.8, 4) is 80.2 Å². The molecule has 0 saturated heterocycles. The van der Waals surface area contributed by atoms with E-state index >= 15 is 0 Å². The maximum absolute atomic E-state index is 10.5. The molecule has 0 aliphatic carbocycles. The minimum Gasteiger partial charge on any atom is -0.309 e. The van der Waals surface area contributed by atoms with E-state index in [1.54, 1.807) is 24.3 Å². The Balaban J connectivity index is 1.21. The van der Waals surface area contributed by atoms with Crippen molar-refractivity contribution in [2.45, 2.75) is 6.92 Å². The number of para-hydroxylation sites is 2. The molecule has 0 N–H and O–H groups in total. The SMILES string of the molecule is [C-]#[N+]c1cc(C#N)cc(-c2ccc3c(c2)c2ccccc2n3-c2ccc(-c3ccc(C)cc3C#N)cc2-c2ccc(C#N)cc2-n2c3ccccc3c3cc(-c4cc(C#N)cc([N+]#[C-])c4)ccc32)c1. The zero-order chi connectivity index (χ0) is 47.3. The number of nitriles is 4. The first-order valence-electron chi connectivity index (χ1n) is 21.9. The highest BCUT2D eigenvalue weighted by atomic mass is 15.0. The van der Waals surface area contributed by atoms with Gasteiger partial charge in [0, 0.05) is 43.8 Å². The molecule has 9 aromatic carbocycles. The van der Waals surface area contributed by atoms with Crippen LogP contribution in [0.5, 0.6) is 0 Å². The second kappa shape index (κ2) is 16.5. The van der Waals surface area contributed by atoms with Gasteiger partial charge in [-0.15, -0.1) is 0 Å². The summed E-state index contributed by atoms with van der Waals surface area (Å²) in [5, 5.41) is 44.5. The average Bonchev–Trinajstić information content (AvgIpc) is 3.92. The highest BCUT2D eigenvalue weighted by molar-refractivity contribution is 6.13. The first kappa shape index (κ1) is 41.2. The molecule has 316 valence electrons. The Labute approximate surface area is 397 Å². The van der Waals surface area contributed by atoms with E-state index in [2.05, 4.69) is 110 Å². The summed E-state index contributed by atoms with van der Waals surface area (Å²) in [6, 6.07) is 66.5. The summed E-state index contributed by atoms with van der Waals surface area (Å²) < 4.78 is 4.46. The lowest BCUT2D eigenvalue weighted by atomic mass is 9.92. The van der Waals surface area contributed by atoms with Gasteiger partial charge in [-0.1, -0.05) is 72.8 Å². The maximum atomic E-state index is 10.5. The predicted molar refractivity (Wildman–Crippen MR) is 273 cm³/mol. The Bertz CT molecular complexity index is 4230. The van der Waals surface area contributed by atoms with Gasteiger partial charge in [0.25, 0.3) is 0 Å². The molecule has 0 amide bonds. The summed E-state index contributed by atoms with van der Waals surface area (Å²) >= 11 is 0. The zero-order valence-electron chi connectivity index (χ0n) is 36.8. The maximum Gasteiger partial charge on any atom is 0.189 e. The van der Waals surface area contributed by atoms with Gasteiger partial charge >= 0.3 is 0 Å². The fourth-order valence-electron chi connectivity index (χ4n) is 9.77. The normalized spacial score (nSPS) is 10.9. The third-order valence-corrected chi connectivity index (χ3v) is 12.9. The summed E-state index contributed by atoms with van der Waals surface area (Å²) in [5.74, 6) is 0. The number of nitrogens with zero attached hydrogens (tertiary/aromatic N) is 8. The molecule has 2 aromatic heterocycles. The molecule has 2 heterocycles. The first-order valence-corrected chi connectivity index (χ1v) is 21.9. The van der Waals surface area contributed by atoms with Crippen molar-refractivity contribution < 1.29 is 0 Å². The summed E-state index contributed by atoms with van der Waals surface area (Å²) in [5.41, 5.74) is 15.6. The van der Waals surface area contributed by atoms with Crippen LogP contribution < -0.4 is 0 Å². The van der Waals surface area contributed by atoms with Gasteiger partial charge in [-0.2, -0.15) is 21.0 Å². The molecule has 69 heavy (non-hydrogen) atoms. The van der Waals surface area contributed by atoms with Crippen LogP contribution in [-0.2, 0) is 0 Å². The van der Waals surface area contributed by atoms with Gasteiger partial charge in [0.15, 0.2) is 11.4 Å². The Morgan fingerprint density at radius 3 is 1.45 bits per heavy atom. The standard InChI is InChI=1S/C61H32N8/c1-37-12-17-49(46(22-37)36-65)43-16-21-59(68-56-10-6-4-8-50(56)53-30-41(14-19-58(53)68)44-23-39(34-63)25-47(28-44)66-2)55(32-43)52-18-13-38(33-62)27-61(52)69-57-11-7-5-9-51(57)54-31-42(15-20-60(54)69)45-24-40(35-64)26-48(29-45)67-3/h4-32H,1H3. The Morgan fingerprint density at radius 1 is 0.377 bits per heavy atom. The molecule has 0 saturated carbocycles. The van der Waals surface area contributed by atoms with Crippen LogP contribution in [0.4, 0.5) is 11.4 Å². The van der Waals surface area contributed by atoms with E-state index in [4.69, 9.17) is 13.1 Å². The number of rotatable bonds is 6. The Morgan fingerprint density at radius 2 is 0.899 bits per heavy atom. The van der Waals surface area contributed by atoms with Crippen LogP contribution in [0.3, 0.4) is 0 Å². The molecule has 0 spiro atoms. The van der Waals surface area contributed by atoms with Gasteiger partial charge in [-0.25, -0.2) is 9.69 Å². The Kier molecular flexibility index (Phi) is 9.86. The van der Waals surface area contributed by atoms with Crippen LogP contribution in [-0.4, -0.2) is 9.13 Å². The molecule has 0 bridgehead atoms. The second-order valence-electron chi connectivity index (χ2n) is 16.9. The number of aromatic nitrogens is 2. The van der Waals surface area contributed by atoms with Crippen molar-refractivity contribution in [2.75, 3.05) is 0 Å². The fourth-order valence-corrected chi connectivity index (χ4v) is 9.77. The van der Waals surface area contributed by atoms with Crippen molar-refractivity contribution in [2.24, 2.45) is 0 Å². The summed E-state index contributed by atoms with van der Waals surface area (Å²) in [6.45, 7) is 17.4. The lowest BCUT2D eigenvalue weighted by Crippen LogP contribution is -2.03. The lowest BCUT2D eigenvalue weighted by Gasteiger charge is -2.20. The minimum absolute atomic E-state index is 0.388. The third kappa shape index (κ3) is 6.88. The van der Waals surface area contributed by atoms with E-state index in [0.29, 0.717) is 33.6 Å². The van der Waals surface area contributed by atoms with E-state index < -0.39 is 0 Å². The van der Waals surface area contributed by atoms with Gasteiger partial charge in [0.1, 0.15) is 0 Å². The average molecular weight is 877 g/mol. The lowest BCUT2D eigenvalue weighted by molar-refractivity contribution is 1.16. The number of fused-ring (bicyclic) bond motifs is 6. The van der Waals surface area contributed by atoms with Gasteiger partial charge < -0.3 is 9.13 Å². The molecule has 0 unspecified atom stereocenters. The smallest absolute Gasteiger partial charge is 0.189 e. The molecule has 0 fully saturated rings. The molecule has 8 nitrogen and oxygen atoms in total. The fraction of sp³-hybridized carbons (Fsp3) is 0.0164. The van der Waals surface area contributed by atoms with Crippen molar-refractivity contribution in [3.05, 3.63) is 227 Å². The molecule has 0 aliphatic heterocycles. The largest absolute Gasteiger partial charge is 0.309 e. The van der Waals surface area contributed by atoms with Crippen molar-refractivity contribution in [3.63, 3.8) is 0 Å². The molecule has 11 rings (SSSR count). The van der Waals surface area contributed by atoms with Gasteiger partial charge in [0.05, 0.1) is 82.0 Å². The number of hydrogen-bond acceptors (Lipinski definition) is 4. The van der Waals surface area contributed by atoms with E-state index in [0.717, 1.165) is 105 Å². The van der Waals surface area contributed by atoms with Crippen LogP contribution in [0, 0.1) is 65.4 Å². The van der Waals surface area contributed by atoms with E-state index in [9.17, 15) is 21.0 Å². The summed E-state index contributed by atoms with van der Waals surface area (Å²) in [6.07, 6.45) is 0. The van der Waals surface area contributed by atoms with Crippen molar-refractivity contribution >= 4 is 55.0 Å². The van der Waals surface area contributed by atoms with Crippen molar-refractivity contribution in [1.82, 2.24) is 9.13 Å². The summed E-state index contributed by atoms with van der Waals surface area (Å²) in [4.78, 5) is 7.27. The van der Waals surface area contributed by atoms with Crippen LogP contribution in [0.15, 0.2) is 176 Å². The highest BCUT2D eigenvalue weighted by Crippen LogP contribution is 2.44. The van der Waals surface area contributed by atoms with Gasteiger partial charge in [-0.05, 0) is 149 Å². The monoisotopic (exact) mass is 876 g/mol. The quantitative estimate of drug-likeness (QED) is 0.155. The number of benzene rings is 9. The summed E-state index contributed by atoms with van der Waals surface area (Å²) in [7, 11) is 0. The van der Waals surface area contributed by atoms with Crippen molar-refractivity contribution in [1.29, 1.82) is 21.0 Å². The van der Waals surface area contributed by atoms with E-state index in [1.165, 1.54) is 0 Å². The number of aryl methyl sites for hydroxylation is 1. The van der Waals surface area contributed by atoms with Crippen LogP contribution in [0.1, 0.15) is 27.8 Å². The van der Waals surface area contributed by atoms with Crippen LogP contribution in [0.25, 0.3) is 109 Å². The topological polar surface area (TPSA) is 114 Å². The molecular formula is C61H32N8. The molecule has 0 radical (unpaired) electrons. The van der Waals surface area contributed by atoms with Gasteiger partial charge in [0.2, 0.25) is 0 Å². The second-order valence-corrected chi connectivity index (χ2v) is 16.9. The predicted octanol–water partition coefficient (Wildman–Crippen LogP) is 15.4. The molecule has 8 heteroatoms. The highest BCUT2D eigenvalue weighted by Gasteiger charge is 2.23.